The minimum absolute atomic E-state index is 0.0498. The molecular formula is C30H33NO5. The third-order valence-electron chi connectivity index (χ3n) is 7.66. The van der Waals surface area contributed by atoms with Gasteiger partial charge in [-0.25, -0.2) is 4.79 Å². The fourth-order valence-corrected chi connectivity index (χ4v) is 5.77. The maximum Gasteiger partial charge on any atom is 0.337 e. The Morgan fingerprint density at radius 1 is 0.861 bits per heavy atom. The molecule has 0 saturated heterocycles. The lowest BCUT2D eigenvalue weighted by Crippen LogP contribution is -2.36. The smallest absolute Gasteiger partial charge is 0.337 e. The van der Waals surface area contributed by atoms with Crippen LogP contribution < -0.4 is 14.8 Å². The Hall–Kier alpha value is -3.54. The van der Waals surface area contributed by atoms with E-state index in [1.54, 1.807) is 14.2 Å². The van der Waals surface area contributed by atoms with Crippen LogP contribution in [0.15, 0.2) is 71.1 Å². The largest absolute Gasteiger partial charge is 0.497 e. The molecular weight excluding hydrogens is 454 g/mol. The molecule has 2 aliphatic carbocycles. The van der Waals surface area contributed by atoms with Crippen molar-refractivity contribution in [3.8, 4) is 11.5 Å². The topological polar surface area (TPSA) is 73.9 Å². The second-order valence-electron chi connectivity index (χ2n) is 9.88. The first kappa shape index (κ1) is 24.2. The normalized spacial score (nSPS) is 22.2. The third kappa shape index (κ3) is 4.64. The number of hydrogen-bond donors (Lipinski definition) is 1. The highest BCUT2D eigenvalue weighted by Gasteiger charge is 2.42. The average Bonchev–Trinajstić information content (AvgIpc) is 3.40. The summed E-state index contributed by atoms with van der Waals surface area (Å²) in [5, 5.41) is 3.44. The number of ketones is 1. The highest BCUT2D eigenvalue weighted by atomic mass is 16.5. The van der Waals surface area contributed by atoms with Crippen molar-refractivity contribution in [2.24, 2.45) is 0 Å². The molecule has 0 amide bonds. The van der Waals surface area contributed by atoms with Gasteiger partial charge >= 0.3 is 5.97 Å². The highest BCUT2D eigenvalue weighted by Crippen LogP contribution is 2.46. The van der Waals surface area contributed by atoms with Crippen LogP contribution in [-0.4, -0.2) is 32.1 Å². The number of carbonyl (C=O) groups is 2. The summed E-state index contributed by atoms with van der Waals surface area (Å²) in [4.78, 5) is 27.2. The molecule has 0 unspecified atom stereocenters. The van der Waals surface area contributed by atoms with E-state index in [0.29, 0.717) is 24.0 Å². The van der Waals surface area contributed by atoms with E-state index in [1.165, 1.54) is 0 Å². The van der Waals surface area contributed by atoms with E-state index in [4.69, 9.17) is 14.2 Å². The van der Waals surface area contributed by atoms with Gasteiger partial charge in [-0.15, -0.1) is 0 Å². The quantitative estimate of drug-likeness (QED) is 0.539. The number of benzene rings is 2. The molecule has 0 radical (unpaired) electrons. The highest BCUT2D eigenvalue weighted by molar-refractivity contribution is 6.04. The van der Waals surface area contributed by atoms with Gasteiger partial charge < -0.3 is 19.5 Å². The molecule has 0 aromatic heterocycles. The Morgan fingerprint density at radius 3 is 2.03 bits per heavy atom. The molecule has 6 heteroatoms. The maximum absolute atomic E-state index is 13.7. The molecule has 3 aliphatic rings. The predicted molar refractivity (Wildman–Crippen MR) is 137 cm³/mol. The van der Waals surface area contributed by atoms with Crippen molar-refractivity contribution in [2.45, 2.75) is 63.4 Å². The van der Waals surface area contributed by atoms with Crippen LogP contribution in [0.25, 0.3) is 0 Å². The van der Waals surface area contributed by atoms with Gasteiger partial charge in [0, 0.05) is 29.3 Å². The molecule has 0 spiro atoms. The summed E-state index contributed by atoms with van der Waals surface area (Å²) in [6, 6.07) is 15.6. The minimum atomic E-state index is -0.467. The SMILES string of the molecule is COc1ccc([C@H]2CC(=O)C3=C(C2)NC(C)=C(C(=O)OC2CCCC2)[C@@H]3c2ccc(OC)cc2)cc1. The lowest BCUT2D eigenvalue weighted by Gasteiger charge is -2.37. The van der Waals surface area contributed by atoms with E-state index in [9.17, 15) is 9.59 Å². The summed E-state index contributed by atoms with van der Waals surface area (Å²) in [6.45, 7) is 1.91. The number of esters is 1. The van der Waals surface area contributed by atoms with Gasteiger partial charge in [0.25, 0.3) is 0 Å². The van der Waals surface area contributed by atoms with Crippen LogP contribution >= 0.6 is 0 Å². The molecule has 36 heavy (non-hydrogen) atoms. The fraction of sp³-hybridized carbons (Fsp3) is 0.400. The molecule has 188 valence electrons. The van der Waals surface area contributed by atoms with Gasteiger partial charge in [0.2, 0.25) is 0 Å². The second kappa shape index (κ2) is 10.2. The van der Waals surface area contributed by atoms with Crippen molar-refractivity contribution in [2.75, 3.05) is 14.2 Å². The summed E-state index contributed by atoms with van der Waals surface area (Å²) in [5.74, 6) is 0.845. The van der Waals surface area contributed by atoms with Crippen LogP contribution in [-0.2, 0) is 14.3 Å². The van der Waals surface area contributed by atoms with E-state index in [0.717, 1.165) is 59.7 Å². The molecule has 1 saturated carbocycles. The van der Waals surface area contributed by atoms with Crippen LogP contribution in [0.5, 0.6) is 11.5 Å². The molecule has 5 rings (SSSR count). The number of allylic oxidation sites excluding steroid dienone is 3. The van der Waals surface area contributed by atoms with Crippen molar-refractivity contribution < 1.29 is 23.8 Å². The number of nitrogens with one attached hydrogen (secondary N) is 1. The lowest BCUT2D eigenvalue weighted by atomic mass is 9.71. The number of Topliss-reactive ketones (excluding diaryl/α,β-unsaturated/α-hetero) is 1. The van der Waals surface area contributed by atoms with E-state index in [1.807, 2.05) is 55.5 Å². The lowest BCUT2D eigenvalue weighted by molar-refractivity contribution is -0.144. The zero-order valence-corrected chi connectivity index (χ0v) is 21.1. The van der Waals surface area contributed by atoms with Crippen LogP contribution in [0.1, 0.15) is 68.4 Å². The van der Waals surface area contributed by atoms with Crippen LogP contribution in [0.4, 0.5) is 0 Å². The van der Waals surface area contributed by atoms with Crippen LogP contribution in [0, 0.1) is 0 Å². The third-order valence-corrected chi connectivity index (χ3v) is 7.66. The summed E-state index contributed by atoms with van der Waals surface area (Å²) in [6.07, 6.45) is 5.00. The maximum atomic E-state index is 13.7. The molecule has 0 bridgehead atoms. The van der Waals surface area contributed by atoms with Gasteiger partial charge in [-0.05, 0) is 80.3 Å². The van der Waals surface area contributed by atoms with Crippen LogP contribution in [0.3, 0.4) is 0 Å². The van der Waals surface area contributed by atoms with Gasteiger partial charge in [0.05, 0.1) is 19.8 Å². The van der Waals surface area contributed by atoms with Crippen molar-refractivity contribution in [1.82, 2.24) is 5.32 Å². The Labute approximate surface area is 212 Å². The number of methoxy groups -OCH3 is 2. The molecule has 1 N–H and O–H groups in total. The number of hydrogen-bond acceptors (Lipinski definition) is 6. The molecule has 6 nitrogen and oxygen atoms in total. The zero-order chi connectivity index (χ0) is 25.2. The van der Waals surface area contributed by atoms with Crippen molar-refractivity contribution >= 4 is 11.8 Å². The zero-order valence-electron chi connectivity index (χ0n) is 21.1. The van der Waals surface area contributed by atoms with Gasteiger partial charge in [0.15, 0.2) is 5.78 Å². The monoisotopic (exact) mass is 487 g/mol. The van der Waals surface area contributed by atoms with Gasteiger partial charge in [0.1, 0.15) is 17.6 Å². The summed E-state index contributed by atoms with van der Waals surface area (Å²) in [7, 11) is 3.27. The number of dihydropyridines is 1. The molecule has 2 aromatic carbocycles. The first-order valence-corrected chi connectivity index (χ1v) is 12.7. The molecule has 1 aliphatic heterocycles. The molecule has 2 atom stereocenters. The van der Waals surface area contributed by atoms with Crippen molar-refractivity contribution in [1.29, 1.82) is 0 Å². The number of rotatable bonds is 6. The summed E-state index contributed by atoms with van der Waals surface area (Å²) in [5.41, 5.74) is 4.84. The van der Waals surface area contributed by atoms with Gasteiger partial charge in [-0.2, -0.15) is 0 Å². The summed E-state index contributed by atoms with van der Waals surface area (Å²) < 4.78 is 16.6. The number of carbonyl (C=O) groups excluding carboxylic acids is 2. The molecule has 1 heterocycles. The Morgan fingerprint density at radius 2 is 1.44 bits per heavy atom. The minimum Gasteiger partial charge on any atom is -0.497 e. The van der Waals surface area contributed by atoms with E-state index < -0.39 is 5.92 Å². The standard InChI is InChI=1S/C30H33NO5/c1-18-27(30(33)36-24-6-4-5-7-24)28(20-10-14-23(35-3)15-11-20)29-25(31-18)16-21(17-26(29)32)19-8-12-22(34-2)13-9-19/h8-15,21,24,28,31H,4-7,16-17H2,1-3H3/t21-,28+/m1/s1. The predicted octanol–water partition coefficient (Wildman–Crippen LogP) is 5.55. The average molecular weight is 488 g/mol. The first-order chi connectivity index (χ1) is 17.5. The van der Waals surface area contributed by atoms with E-state index in [2.05, 4.69) is 5.32 Å². The Bertz CT molecular complexity index is 1200. The molecule has 2 aromatic rings. The first-order valence-electron chi connectivity index (χ1n) is 12.7. The van der Waals surface area contributed by atoms with Gasteiger partial charge in [-0.3, -0.25) is 4.79 Å². The van der Waals surface area contributed by atoms with Gasteiger partial charge in [-0.1, -0.05) is 24.3 Å². The summed E-state index contributed by atoms with van der Waals surface area (Å²) >= 11 is 0. The van der Waals surface area contributed by atoms with Crippen molar-refractivity contribution in [3.63, 3.8) is 0 Å². The van der Waals surface area contributed by atoms with E-state index >= 15 is 0 Å². The van der Waals surface area contributed by atoms with Crippen LogP contribution in [0.2, 0.25) is 0 Å². The Kier molecular flexibility index (Phi) is 6.86. The molecule has 1 fully saturated rings. The van der Waals surface area contributed by atoms with E-state index in [-0.39, 0.29) is 23.8 Å². The number of ether oxygens (including phenoxy) is 3. The fourth-order valence-electron chi connectivity index (χ4n) is 5.77. The Balaban J connectivity index is 1.52. The van der Waals surface area contributed by atoms with Crippen molar-refractivity contribution in [3.05, 3.63) is 82.2 Å². The second-order valence-corrected chi connectivity index (χ2v) is 9.88.